The number of amides is 2. The highest BCUT2D eigenvalue weighted by Gasteiger charge is 2.21. The Hall–Kier alpha value is -2.63. The molecular weight excluding hydrogens is 328 g/mol. The zero-order valence-electron chi connectivity index (χ0n) is 15.7. The summed E-state index contributed by atoms with van der Waals surface area (Å²) in [6.07, 6.45) is 1.22. The number of benzene rings is 1. The molecule has 1 aromatic carbocycles. The predicted octanol–water partition coefficient (Wildman–Crippen LogP) is 2.11. The Balaban J connectivity index is 1.53. The predicted molar refractivity (Wildman–Crippen MR) is 100 cm³/mol. The van der Waals surface area contributed by atoms with E-state index in [1.807, 2.05) is 35.6 Å². The molecule has 138 valence electrons. The van der Waals surface area contributed by atoms with Crippen molar-refractivity contribution in [2.45, 2.75) is 33.6 Å². The van der Waals surface area contributed by atoms with Gasteiger partial charge in [-0.25, -0.2) is 4.68 Å². The van der Waals surface area contributed by atoms with Gasteiger partial charge < -0.3 is 9.80 Å². The third kappa shape index (κ3) is 4.12. The number of aryl methyl sites for hydroxylation is 3. The van der Waals surface area contributed by atoms with Gasteiger partial charge in [-0.05, 0) is 44.0 Å². The summed E-state index contributed by atoms with van der Waals surface area (Å²) >= 11 is 0. The number of carbonyl (C=O) groups is 2. The molecule has 1 aromatic heterocycles. The van der Waals surface area contributed by atoms with Gasteiger partial charge in [-0.15, -0.1) is 0 Å². The van der Waals surface area contributed by atoms with Crippen LogP contribution in [0.4, 0.5) is 0 Å². The SMILES string of the molecule is CC(=O)N1CCN(C(=O)CCc2ccc(-n3nc(C)cc3C)cc2)CC1. The number of nitrogens with zero attached hydrogens (tertiary/aromatic N) is 4. The van der Waals surface area contributed by atoms with Crippen LogP contribution >= 0.6 is 0 Å². The maximum Gasteiger partial charge on any atom is 0.223 e. The van der Waals surface area contributed by atoms with E-state index in [1.54, 1.807) is 11.8 Å². The van der Waals surface area contributed by atoms with E-state index in [2.05, 4.69) is 23.3 Å². The van der Waals surface area contributed by atoms with Gasteiger partial charge in [0.2, 0.25) is 11.8 Å². The third-order valence-corrected chi connectivity index (χ3v) is 4.90. The second-order valence-corrected chi connectivity index (χ2v) is 6.89. The van der Waals surface area contributed by atoms with Gasteiger partial charge in [0.25, 0.3) is 0 Å². The Morgan fingerprint density at radius 3 is 2.15 bits per heavy atom. The van der Waals surface area contributed by atoms with Gasteiger partial charge in [-0.2, -0.15) is 5.10 Å². The number of hydrogen-bond acceptors (Lipinski definition) is 3. The van der Waals surface area contributed by atoms with E-state index in [0.29, 0.717) is 32.6 Å². The minimum absolute atomic E-state index is 0.0831. The summed E-state index contributed by atoms with van der Waals surface area (Å²) in [6.45, 7) is 8.15. The smallest absolute Gasteiger partial charge is 0.223 e. The zero-order valence-corrected chi connectivity index (χ0v) is 15.7. The molecule has 6 heteroatoms. The van der Waals surface area contributed by atoms with Crippen LogP contribution in [0.2, 0.25) is 0 Å². The maximum absolute atomic E-state index is 12.4. The molecule has 0 radical (unpaired) electrons. The summed E-state index contributed by atoms with van der Waals surface area (Å²) in [4.78, 5) is 27.4. The molecule has 0 spiro atoms. The molecule has 2 heterocycles. The van der Waals surface area contributed by atoms with Crippen LogP contribution in [0, 0.1) is 13.8 Å². The number of hydrogen-bond donors (Lipinski definition) is 0. The van der Waals surface area contributed by atoms with Gasteiger partial charge in [0, 0.05) is 45.2 Å². The zero-order chi connectivity index (χ0) is 18.7. The molecule has 3 rings (SSSR count). The van der Waals surface area contributed by atoms with Crippen LogP contribution in [-0.4, -0.2) is 57.6 Å². The van der Waals surface area contributed by atoms with Crippen molar-refractivity contribution in [3.8, 4) is 5.69 Å². The van der Waals surface area contributed by atoms with Gasteiger partial charge in [0.1, 0.15) is 0 Å². The number of rotatable bonds is 4. The molecule has 1 aliphatic rings. The summed E-state index contributed by atoms with van der Waals surface area (Å²) in [7, 11) is 0. The minimum Gasteiger partial charge on any atom is -0.339 e. The first-order valence-electron chi connectivity index (χ1n) is 9.10. The number of piperazine rings is 1. The van der Waals surface area contributed by atoms with Crippen LogP contribution in [-0.2, 0) is 16.0 Å². The highest BCUT2D eigenvalue weighted by molar-refractivity contribution is 5.77. The van der Waals surface area contributed by atoms with Crippen molar-refractivity contribution in [1.82, 2.24) is 19.6 Å². The largest absolute Gasteiger partial charge is 0.339 e. The summed E-state index contributed by atoms with van der Waals surface area (Å²) in [6, 6.07) is 10.3. The normalized spacial score (nSPS) is 14.6. The Morgan fingerprint density at radius 2 is 1.62 bits per heavy atom. The molecule has 26 heavy (non-hydrogen) atoms. The van der Waals surface area contributed by atoms with Crippen LogP contribution < -0.4 is 0 Å². The summed E-state index contributed by atoms with van der Waals surface area (Å²) in [5.41, 5.74) is 4.29. The van der Waals surface area contributed by atoms with Crippen LogP contribution in [0.3, 0.4) is 0 Å². The lowest BCUT2D eigenvalue weighted by Gasteiger charge is -2.34. The molecule has 1 fully saturated rings. The van der Waals surface area contributed by atoms with E-state index in [0.717, 1.165) is 29.1 Å². The van der Waals surface area contributed by atoms with Crippen LogP contribution in [0.15, 0.2) is 30.3 Å². The summed E-state index contributed by atoms with van der Waals surface area (Å²) < 4.78 is 1.93. The molecule has 0 unspecified atom stereocenters. The van der Waals surface area contributed by atoms with Crippen molar-refractivity contribution >= 4 is 11.8 Å². The molecule has 1 saturated heterocycles. The van der Waals surface area contributed by atoms with E-state index < -0.39 is 0 Å². The molecule has 0 saturated carbocycles. The third-order valence-electron chi connectivity index (χ3n) is 4.90. The quantitative estimate of drug-likeness (QED) is 0.845. The average molecular weight is 354 g/mol. The summed E-state index contributed by atoms with van der Waals surface area (Å²) in [5, 5.41) is 4.49. The Labute approximate surface area is 154 Å². The average Bonchev–Trinajstić information content (AvgIpc) is 2.98. The maximum atomic E-state index is 12.4. The van der Waals surface area contributed by atoms with Gasteiger partial charge >= 0.3 is 0 Å². The molecule has 1 aliphatic heterocycles. The first-order valence-corrected chi connectivity index (χ1v) is 9.10. The molecular formula is C20H26N4O2. The van der Waals surface area contributed by atoms with E-state index in [9.17, 15) is 9.59 Å². The molecule has 2 aromatic rings. The lowest BCUT2D eigenvalue weighted by molar-refractivity contribution is -0.138. The van der Waals surface area contributed by atoms with Crippen molar-refractivity contribution in [2.75, 3.05) is 26.2 Å². The van der Waals surface area contributed by atoms with E-state index in [-0.39, 0.29) is 11.8 Å². The minimum atomic E-state index is 0.0831. The number of aromatic nitrogens is 2. The van der Waals surface area contributed by atoms with Crippen molar-refractivity contribution in [1.29, 1.82) is 0 Å². The molecule has 2 amide bonds. The first-order chi connectivity index (χ1) is 12.4. The molecule has 0 bridgehead atoms. The van der Waals surface area contributed by atoms with Crippen LogP contribution in [0.5, 0.6) is 0 Å². The van der Waals surface area contributed by atoms with E-state index in [4.69, 9.17) is 0 Å². The topological polar surface area (TPSA) is 58.4 Å². The molecule has 6 nitrogen and oxygen atoms in total. The fraction of sp³-hybridized carbons (Fsp3) is 0.450. The lowest BCUT2D eigenvalue weighted by atomic mass is 10.1. The second-order valence-electron chi connectivity index (χ2n) is 6.89. The van der Waals surface area contributed by atoms with Gasteiger partial charge in [-0.3, -0.25) is 9.59 Å². The Bertz CT molecular complexity index is 787. The van der Waals surface area contributed by atoms with Crippen molar-refractivity contribution in [3.63, 3.8) is 0 Å². The van der Waals surface area contributed by atoms with Crippen molar-refractivity contribution in [3.05, 3.63) is 47.3 Å². The van der Waals surface area contributed by atoms with Crippen molar-refractivity contribution < 1.29 is 9.59 Å². The first kappa shape index (κ1) is 18.2. The van der Waals surface area contributed by atoms with Crippen LogP contribution in [0.25, 0.3) is 5.69 Å². The molecule has 0 aliphatic carbocycles. The fourth-order valence-corrected chi connectivity index (χ4v) is 3.37. The van der Waals surface area contributed by atoms with Gasteiger partial charge in [0.05, 0.1) is 11.4 Å². The van der Waals surface area contributed by atoms with Gasteiger partial charge in [0.15, 0.2) is 0 Å². The van der Waals surface area contributed by atoms with Crippen molar-refractivity contribution in [2.24, 2.45) is 0 Å². The molecule has 0 atom stereocenters. The van der Waals surface area contributed by atoms with E-state index >= 15 is 0 Å². The highest BCUT2D eigenvalue weighted by Crippen LogP contribution is 2.14. The monoisotopic (exact) mass is 354 g/mol. The van der Waals surface area contributed by atoms with Gasteiger partial charge in [-0.1, -0.05) is 12.1 Å². The molecule has 0 N–H and O–H groups in total. The fourth-order valence-electron chi connectivity index (χ4n) is 3.37. The van der Waals surface area contributed by atoms with E-state index in [1.165, 1.54) is 0 Å². The second kappa shape index (κ2) is 7.72. The summed E-state index contributed by atoms with van der Waals surface area (Å²) in [5.74, 6) is 0.246. The highest BCUT2D eigenvalue weighted by atomic mass is 16.2. The Morgan fingerprint density at radius 1 is 1.00 bits per heavy atom. The van der Waals surface area contributed by atoms with Crippen LogP contribution in [0.1, 0.15) is 30.3 Å². The standard InChI is InChI=1S/C20H26N4O2/c1-15-14-16(2)24(21-15)19-7-4-18(5-8-19)6-9-20(26)23-12-10-22(11-13-23)17(3)25/h4-5,7-8,14H,6,9-13H2,1-3H3. The number of carbonyl (C=O) groups excluding carboxylic acids is 2. The lowest BCUT2D eigenvalue weighted by Crippen LogP contribution is -2.50. The Kier molecular flexibility index (Phi) is 5.40.